The van der Waals surface area contributed by atoms with Crippen molar-refractivity contribution in [3.8, 4) is 11.3 Å². The van der Waals surface area contributed by atoms with Crippen molar-refractivity contribution in [3.05, 3.63) is 75.2 Å². The standard InChI is InChI=1S/C22H16ClF3N6O/c1-11-29-19-20(32(11)9-12-3-4-15(16(23)7-12)22(24,25)26)30-17(8-28-19)14-10-31(2)21(33)18-13(14)5-6-27-18/h3-8,10,27H,9H2,1-2H3. The molecule has 0 atom stereocenters. The molecule has 11 heteroatoms. The molecule has 0 radical (unpaired) electrons. The fourth-order valence-electron chi connectivity index (χ4n) is 3.86. The van der Waals surface area contributed by atoms with Crippen LogP contribution >= 0.6 is 11.6 Å². The minimum Gasteiger partial charge on any atom is -0.357 e. The third-order valence-corrected chi connectivity index (χ3v) is 5.81. The van der Waals surface area contributed by atoms with E-state index in [1.165, 1.54) is 16.7 Å². The molecule has 0 spiro atoms. The lowest BCUT2D eigenvalue weighted by atomic mass is 10.1. The highest BCUT2D eigenvalue weighted by atomic mass is 35.5. The second-order valence-corrected chi connectivity index (χ2v) is 8.09. The predicted octanol–water partition coefficient (Wildman–Crippen LogP) is 4.70. The largest absolute Gasteiger partial charge is 0.417 e. The maximum atomic E-state index is 13.0. The first-order chi connectivity index (χ1) is 15.6. The number of hydrogen-bond donors (Lipinski definition) is 1. The summed E-state index contributed by atoms with van der Waals surface area (Å²) in [5.41, 5.74) is 2.11. The van der Waals surface area contributed by atoms with Gasteiger partial charge in [0.25, 0.3) is 5.56 Å². The van der Waals surface area contributed by atoms with Crippen LogP contribution < -0.4 is 5.56 Å². The highest BCUT2D eigenvalue weighted by Crippen LogP contribution is 2.35. The molecule has 0 aliphatic rings. The Balaban J connectivity index is 1.61. The van der Waals surface area contributed by atoms with Crippen molar-refractivity contribution in [2.45, 2.75) is 19.6 Å². The molecule has 0 aliphatic carbocycles. The molecule has 0 amide bonds. The summed E-state index contributed by atoms with van der Waals surface area (Å²) in [4.78, 5) is 28.9. The summed E-state index contributed by atoms with van der Waals surface area (Å²) >= 11 is 5.89. The number of pyridine rings is 1. The van der Waals surface area contributed by atoms with Crippen LogP contribution in [0.2, 0.25) is 5.02 Å². The van der Waals surface area contributed by atoms with Gasteiger partial charge in [0.05, 0.1) is 29.0 Å². The molecule has 0 fully saturated rings. The first-order valence-corrected chi connectivity index (χ1v) is 10.2. The number of hydrogen-bond acceptors (Lipinski definition) is 4. The Morgan fingerprint density at radius 1 is 1.18 bits per heavy atom. The smallest absolute Gasteiger partial charge is 0.357 e. The molecule has 1 N–H and O–H groups in total. The number of aryl methyl sites for hydroxylation is 2. The number of aromatic amines is 1. The van der Waals surface area contributed by atoms with Crippen molar-refractivity contribution >= 4 is 33.8 Å². The molecule has 5 aromatic rings. The predicted molar refractivity (Wildman–Crippen MR) is 118 cm³/mol. The summed E-state index contributed by atoms with van der Waals surface area (Å²) in [7, 11) is 1.65. The van der Waals surface area contributed by atoms with Crippen LogP contribution in [0.15, 0.2) is 47.7 Å². The van der Waals surface area contributed by atoms with Gasteiger partial charge in [-0.1, -0.05) is 17.7 Å². The van der Waals surface area contributed by atoms with E-state index in [0.717, 1.165) is 6.07 Å². The number of nitrogens with one attached hydrogen (secondary N) is 1. The van der Waals surface area contributed by atoms with Crippen LogP contribution in [-0.2, 0) is 19.8 Å². The van der Waals surface area contributed by atoms with E-state index in [1.54, 1.807) is 43.2 Å². The van der Waals surface area contributed by atoms with E-state index in [2.05, 4.69) is 15.0 Å². The summed E-state index contributed by atoms with van der Waals surface area (Å²) in [5.74, 6) is 0.602. The fraction of sp³-hybridized carbons (Fsp3) is 0.182. The van der Waals surface area contributed by atoms with Gasteiger partial charge in [0, 0.05) is 30.4 Å². The Morgan fingerprint density at radius 2 is 1.97 bits per heavy atom. The summed E-state index contributed by atoms with van der Waals surface area (Å²) in [6, 6.07) is 5.44. The third-order valence-electron chi connectivity index (χ3n) is 5.50. The SMILES string of the molecule is Cc1nc2ncc(-c3cn(C)c(=O)c4[nH]ccc34)nc2n1Cc1ccc(C(F)(F)F)c(Cl)c1. The van der Waals surface area contributed by atoms with Gasteiger partial charge in [0.15, 0.2) is 11.3 Å². The second kappa shape index (κ2) is 7.45. The number of benzene rings is 1. The number of alkyl halides is 3. The lowest BCUT2D eigenvalue weighted by molar-refractivity contribution is -0.137. The monoisotopic (exact) mass is 472 g/mol. The van der Waals surface area contributed by atoms with Gasteiger partial charge in [-0.3, -0.25) is 4.79 Å². The van der Waals surface area contributed by atoms with E-state index in [1.807, 2.05) is 0 Å². The third kappa shape index (κ3) is 3.56. The zero-order chi connectivity index (χ0) is 23.5. The van der Waals surface area contributed by atoms with Gasteiger partial charge in [0.1, 0.15) is 11.3 Å². The molecule has 0 aliphatic heterocycles. The maximum absolute atomic E-state index is 13.0. The first kappa shape index (κ1) is 21.2. The molecule has 5 rings (SSSR count). The number of imidazole rings is 1. The quantitative estimate of drug-likeness (QED) is 0.412. The minimum absolute atomic E-state index is 0.159. The molecule has 4 heterocycles. The molecule has 168 valence electrons. The second-order valence-electron chi connectivity index (χ2n) is 7.68. The number of aromatic nitrogens is 6. The van der Waals surface area contributed by atoms with Gasteiger partial charge >= 0.3 is 6.18 Å². The molecule has 0 saturated heterocycles. The van der Waals surface area contributed by atoms with Gasteiger partial charge in [-0.2, -0.15) is 13.2 Å². The Hall–Kier alpha value is -3.66. The normalized spacial score (nSPS) is 12.2. The zero-order valence-corrected chi connectivity index (χ0v) is 18.2. The topological polar surface area (TPSA) is 81.4 Å². The molecule has 33 heavy (non-hydrogen) atoms. The lowest BCUT2D eigenvalue weighted by Gasteiger charge is -2.12. The van der Waals surface area contributed by atoms with Crippen molar-refractivity contribution in [1.29, 1.82) is 0 Å². The number of halogens is 4. The zero-order valence-electron chi connectivity index (χ0n) is 17.4. The van der Waals surface area contributed by atoms with Crippen molar-refractivity contribution in [2.24, 2.45) is 7.05 Å². The van der Waals surface area contributed by atoms with Crippen LogP contribution in [-0.4, -0.2) is 29.1 Å². The van der Waals surface area contributed by atoms with Crippen LogP contribution in [0.1, 0.15) is 17.0 Å². The summed E-state index contributed by atoms with van der Waals surface area (Å²) in [6.07, 6.45) is 0.440. The van der Waals surface area contributed by atoms with Crippen molar-refractivity contribution in [1.82, 2.24) is 29.1 Å². The number of nitrogens with zero attached hydrogens (tertiary/aromatic N) is 5. The highest BCUT2D eigenvalue weighted by molar-refractivity contribution is 6.31. The van der Waals surface area contributed by atoms with Crippen molar-refractivity contribution in [2.75, 3.05) is 0 Å². The minimum atomic E-state index is -4.52. The van der Waals surface area contributed by atoms with Crippen LogP contribution in [0, 0.1) is 6.92 Å². The summed E-state index contributed by atoms with van der Waals surface area (Å²) in [5, 5.41) is 0.345. The molecule has 0 saturated carbocycles. The molecular formula is C22H16ClF3N6O. The van der Waals surface area contributed by atoms with E-state index >= 15 is 0 Å². The highest BCUT2D eigenvalue weighted by Gasteiger charge is 2.33. The Bertz CT molecular complexity index is 1600. The van der Waals surface area contributed by atoms with Gasteiger partial charge in [-0.25, -0.2) is 15.0 Å². The average molecular weight is 473 g/mol. The summed E-state index contributed by atoms with van der Waals surface area (Å²) in [6.45, 7) is 1.98. The Labute approximate surface area is 189 Å². The fourth-order valence-corrected chi connectivity index (χ4v) is 4.17. The van der Waals surface area contributed by atoms with Crippen LogP contribution in [0.4, 0.5) is 13.2 Å². The molecule has 0 bridgehead atoms. The molecule has 4 aromatic heterocycles. The molecular weight excluding hydrogens is 457 g/mol. The van der Waals surface area contributed by atoms with Crippen molar-refractivity contribution < 1.29 is 13.2 Å². The Kier molecular flexibility index (Phi) is 4.78. The van der Waals surface area contributed by atoms with E-state index in [4.69, 9.17) is 16.6 Å². The average Bonchev–Trinajstić information content (AvgIpc) is 3.35. The van der Waals surface area contributed by atoms with E-state index in [9.17, 15) is 18.0 Å². The molecule has 0 unspecified atom stereocenters. The lowest BCUT2D eigenvalue weighted by Crippen LogP contribution is -2.16. The van der Waals surface area contributed by atoms with Crippen LogP contribution in [0.25, 0.3) is 33.5 Å². The van der Waals surface area contributed by atoms with Gasteiger partial charge in [-0.15, -0.1) is 0 Å². The number of fused-ring (bicyclic) bond motifs is 2. The summed E-state index contributed by atoms with van der Waals surface area (Å²) < 4.78 is 42.3. The van der Waals surface area contributed by atoms with E-state index in [-0.39, 0.29) is 17.1 Å². The maximum Gasteiger partial charge on any atom is 0.417 e. The molecule has 1 aromatic carbocycles. The van der Waals surface area contributed by atoms with Gasteiger partial charge in [0.2, 0.25) is 0 Å². The van der Waals surface area contributed by atoms with Crippen LogP contribution in [0.5, 0.6) is 0 Å². The van der Waals surface area contributed by atoms with Crippen LogP contribution in [0.3, 0.4) is 0 Å². The van der Waals surface area contributed by atoms with E-state index < -0.39 is 11.7 Å². The number of H-pyrrole nitrogens is 1. The molecule has 7 nitrogen and oxygen atoms in total. The van der Waals surface area contributed by atoms with E-state index in [0.29, 0.717) is 44.8 Å². The van der Waals surface area contributed by atoms with Gasteiger partial charge < -0.3 is 14.1 Å². The first-order valence-electron chi connectivity index (χ1n) is 9.86. The van der Waals surface area contributed by atoms with Crippen molar-refractivity contribution in [3.63, 3.8) is 0 Å². The Morgan fingerprint density at radius 3 is 2.70 bits per heavy atom. The van der Waals surface area contributed by atoms with Gasteiger partial charge in [-0.05, 0) is 30.7 Å². The number of rotatable bonds is 3.